The monoisotopic (exact) mass is 178 g/mol. The highest BCUT2D eigenvalue weighted by molar-refractivity contribution is 7.12. The van der Waals surface area contributed by atoms with E-state index in [1.54, 1.807) is 4.88 Å². The van der Waals surface area contributed by atoms with Gasteiger partial charge in [0.25, 0.3) is 0 Å². The van der Waals surface area contributed by atoms with Gasteiger partial charge in [0.1, 0.15) is 0 Å². The molecule has 1 aromatic heterocycles. The van der Waals surface area contributed by atoms with E-state index in [0.29, 0.717) is 0 Å². The van der Waals surface area contributed by atoms with Crippen LogP contribution in [0.5, 0.6) is 0 Å². The van der Waals surface area contributed by atoms with Gasteiger partial charge < -0.3 is 0 Å². The van der Waals surface area contributed by atoms with Crippen LogP contribution in [0.1, 0.15) is 34.9 Å². The molecule has 0 aromatic carbocycles. The molecular weight excluding hydrogens is 164 g/mol. The quantitative estimate of drug-likeness (QED) is 0.572. The molecule has 0 aliphatic heterocycles. The molecular formula is C11H14S. The second kappa shape index (κ2) is 3.44. The second-order valence-corrected chi connectivity index (χ2v) is 4.75. The highest BCUT2D eigenvalue weighted by atomic mass is 32.1. The van der Waals surface area contributed by atoms with Crippen LogP contribution in [-0.4, -0.2) is 0 Å². The Kier molecular flexibility index (Phi) is 2.31. The van der Waals surface area contributed by atoms with Crippen molar-refractivity contribution in [2.24, 2.45) is 0 Å². The molecule has 2 rings (SSSR count). The second-order valence-electron chi connectivity index (χ2n) is 3.43. The summed E-state index contributed by atoms with van der Waals surface area (Å²) in [5, 5.41) is 0. The third kappa shape index (κ3) is 1.61. The van der Waals surface area contributed by atoms with Crippen molar-refractivity contribution in [2.45, 2.75) is 32.1 Å². The molecule has 1 aliphatic carbocycles. The smallest absolute Gasteiger partial charge is 0.00822 e. The lowest BCUT2D eigenvalue weighted by Crippen LogP contribution is -1.97. The van der Waals surface area contributed by atoms with E-state index in [1.165, 1.54) is 24.1 Å². The third-order valence-electron chi connectivity index (χ3n) is 2.43. The molecule has 1 atom stereocenters. The maximum atomic E-state index is 2.32. The summed E-state index contributed by atoms with van der Waals surface area (Å²) in [4.78, 5) is 3.02. The van der Waals surface area contributed by atoms with Crippen molar-refractivity contribution in [3.8, 4) is 0 Å². The lowest BCUT2D eigenvalue weighted by molar-refractivity contribution is 0.627. The first-order valence-corrected chi connectivity index (χ1v) is 5.39. The summed E-state index contributed by atoms with van der Waals surface area (Å²) in [6.45, 7) is 2.19. The first-order chi connectivity index (χ1) is 5.86. The molecule has 1 heterocycles. The molecule has 1 aliphatic rings. The van der Waals surface area contributed by atoms with E-state index in [2.05, 4.69) is 31.2 Å². The van der Waals surface area contributed by atoms with Gasteiger partial charge in [0, 0.05) is 9.75 Å². The SMILES string of the molecule is Cc1ccc(C2CC=CCC2)s1. The Labute approximate surface area is 77.9 Å². The van der Waals surface area contributed by atoms with E-state index >= 15 is 0 Å². The Balaban J connectivity index is 2.14. The van der Waals surface area contributed by atoms with Gasteiger partial charge in [-0.05, 0) is 44.2 Å². The van der Waals surface area contributed by atoms with E-state index in [4.69, 9.17) is 0 Å². The van der Waals surface area contributed by atoms with Gasteiger partial charge in [0.2, 0.25) is 0 Å². The lowest BCUT2D eigenvalue weighted by atomic mass is 9.93. The molecule has 1 aromatic rings. The Hall–Kier alpha value is -0.560. The number of allylic oxidation sites excluding steroid dienone is 2. The summed E-state index contributed by atoms with van der Waals surface area (Å²) in [5.41, 5.74) is 0. The van der Waals surface area contributed by atoms with E-state index in [9.17, 15) is 0 Å². The third-order valence-corrected chi connectivity index (χ3v) is 3.60. The summed E-state index contributed by atoms with van der Waals surface area (Å²) < 4.78 is 0. The van der Waals surface area contributed by atoms with Gasteiger partial charge in [-0.2, -0.15) is 0 Å². The summed E-state index contributed by atoms with van der Waals surface area (Å²) >= 11 is 1.96. The zero-order chi connectivity index (χ0) is 8.39. The minimum atomic E-state index is 0.814. The average molecular weight is 178 g/mol. The molecule has 1 unspecified atom stereocenters. The summed E-state index contributed by atoms with van der Waals surface area (Å²) in [5.74, 6) is 0.814. The molecule has 1 heteroatoms. The van der Waals surface area contributed by atoms with Gasteiger partial charge in [-0.1, -0.05) is 12.2 Å². The van der Waals surface area contributed by atoms with E-state index in [1.807, 2.05) is 11.3 Å². The average Bonchev–Trinajstić information content (AvgIpc) is 2.54. The predicted octanol–water partition coefficient (Wildman–Crippen LogP) is 3.88. The maximum absolute atomic E-state index is 2.32. The lowest BCUT2D eigenvalue weighted by Gasteiger charge is -2.15. The molecule has 0 saturated heterocycles. The fourth-order valence-corrected chi connectivity index (χ4v) is 2.75. The number of thiophene rings is 1. The van der Waals surface area contributed by atoms with Crippen molar-refractivity contribution in [3.05, 3.63) is 34.0 Å². The molecule has 0 bridgehead atoms. The Bertz CT molecular complexity index is 283. The molecule has 0 saturated carbocycles. The van der Waals surface area contributed by atoms with Crippen LogP contribution in [0.2, 0.25) is 0 Å². The van der Waals surface area contributed by atoms with Crippen molar-refractivity contribution >= 4 is 11.3 Å². The summed E-state index contributed by atoms with van der Waals surface area (Å²) in [7, 11) is 0. The van der Waals surface area contributed by atoms with Crippen molar-refractivity contribution in [1.82, 2.24) is 0 Å². The van der Waals surface area contributed by atoms with E-state index in [-0.39, 0.29) is 0 Å². The molecule has 0 N–H and O–H groups in total. The van der Waals surface area contributed by atoms with Gasteiger partial charge >= 0.3 is 0 Å². The van der Waals surface area contributed by atoms with Gasteiger partial charge in [-0.3, -0.25) is 0 Å². The van der Waals surface area contributed by atoms with E-state index in [0.717, 1.165) is 5.92 Å². The van der Waals surface area contributed by atoms with Crippen LogP contribution in [0.4, 0.5) is 0 Å². The first-order valence-electron chi connectivity index (χ1n) is 4.57. The van der Waals surface area contributed by atoms with Crippen LogP contribution >= 0.6 is 11.3 Å². The summed E-state index contributed by atoms with van der Waals surface area (Å²) in [6.07, 6.45) is 8.48. The van der Waals surface area contributed by atoms with Crippen LogP contribution in [0.15, 0.2) is 24.3 Å². The topological polar surface area (TPSA) is 0 Å². The minimum absolute atomic E-state index is 0.814. The first kappa shape index (κ1) is 8.06. The molecule has 0 spiro atoms. The normalized spacial score (nSPS) is 22.9. The van der Waals surface area contributed by atoms with Crippen molar-refractivity contribution in [1.29, 1.82) is 0 Å². The summed E-state index contributed by atoms with van der Waals surface area (Å²) in [6, 6.07) is 4.53. The molecule has 0 amide bonds. The predicted molar refractivity (Wildman–Crippen MR) is 54.8 cm³/mol. The highest BCUT2D eigenvalue weighted by Crippen LogP contribution is 2.33. The zero-order valence-electron chi connectivity index (χ0n) is 7.42. The maximum Gasteiger partial charge on any atom is 0.00822 e. The van der Waals surface area contributed by atoms with Crippen LogP contribution in [0.25, 0.3) is 0 Å². The number of hydrogen-bond acceptors (Lipinski definition) is 1. The van der Waals surface area contributed by atoms with Crippen LogP contribution in [0.3, 0.4) is 0 Å². The molecule has 0 fully saturated rings. The number of aryl methyl sites for hydroxylation is 1. The minimum Gasteiger partial charge on any atom is -0.145 e. The largest absolute Gasteiger partial charge is 0.145 e. The number of hydrogen-bond donors (Lipinski definition) is 0. The van der Waals surface area contributed by atoms with Crippen molar-refractivity contribution in [2.75, 3.05) is 0 Å². The standard InChI is InChI=1S/C11H14S/c1-9-7-8-11(12-9)10-5-3-2-4-6-10/h2-3,7-8,10H,4-6H2,1H3. The Morgan fingerprint density at radius 3 is 2.83 bits per heavy atom. The van der Waals surface area contributed by atoms with Gasteiger partial charge in [0.05, 0.1) is 0 Å². The molecule has 0 radical (unpaired) electrons. The Morgan fingerprint density at radius 1 is 1.33 bits per heavy atom. The molecule has 12 heavy (non-hydrogen) atoms. The molecule has 64 valence electrons. The Morgan fingerprint density at radius 2 is 2.25 bits per heavy atom. The van der Waals surface area contributed by atoms with Crippen LogP contribution in [-0.2, 0) is 0 Å². The number of rotatable bonds is 1. The van der Waals surface area contributed by atoms with Gasteiger partial charge in [-0.25, -0.2) is 0 Å². The van der Waals surface area contributed by atoms with Gasteiger partial charge in [0.15, 0.2) is 0 Å². The van der Waals surface area contributed by atoms with Crippen molar-refractivity contribution in [3.63, 3.8) is 0 Å². The van der Waals surface area contributed by atoms with Crippen LogP contribution in [0, 0.1) is 6.92 Å². The zero-order valence-corrected chi connectivity index (χ0v) is 8.23. The fourth-order valence-electron chi connectivity index (χ4n) is 1.72. The van der Waals surface area contributed by atoms with Gasteiger partial charge in [-0.15, -0.1) is 11.3 Å². The molecule has 0 nitrogen and oxygen atoms in total. The van der Waals surface area contributed by atoms with E-state index < -0.39 is 0 Å². The highest BCUT2D eigenvalue weighted by Gasteiger charge is 2.13. The van der Waals surface area contributed by atoms with Crippen molar-refractivity contribution < 1.29 is 0 Å². The fraction of sp³-hybridized carbons (Fsp3) is 0.455. The van der Waals surface area contributed by atoms with Crippen LogP contribution < -0.4 is 0 Å².